The van der Waals surface area contributed by atoms with Crippen LogP contribution in [0.4, 0.5) is 0 Å². The van der Waals surface area contributed by atoms with Crippen molar-refractivity contribution in [1.82, 2.24) is 0 Å². The molecule has 96 valence electrons. The molecular formula is C16H13ClOS. The smallest absolute Gasteiger partial charge is 0.105 e. The van der Waals surface area contributed by atoms with Crippen molar-refractivity contribution in [3.05, 3.63) is 69.6 Å². The van der Waals surface area contributed by atoms with Crippen LogP contribution in [0.15, 0.2) is 47.8 Å². The lowest BCUT2D eigenvalue weighted by atomic mass is 9.99. The largest absolute Gasteiger partial charge is 0.384 e. The normalized spacial score (nSPS) is 12.8. The Morgan fingerprint density at radius 2 is 2.00 bits per heavy atom. The summed E-state index contributed by atoms with van der Waals surface area (Å²) in [5.41, 5.74) is 2.83. The molecule has 0 radical (unpaired) electrons. The van der Waals surface area contributed by atoms with Gasteiger partial charge in [0.2, 0.25) is 0 Å². The zero-order valence-electron chi connectivity index (χ0n) is 10.4. The van der Waals surface area contributed by atoms with Crippen molar-refractivity contribution >= 4 is 33.0 Å². The Balaban J connectivity index is 2.13. The SMILES string of the molecule is Cc1cc(Cl)cc(C(O)c2cccc3ccsc23)c1. The predicted molar refractivity (Wildman–Crippen MR) is 82.1 cm³/mol. The lowest BCUT2D eigenvalue weighted by Gasteiger charge is -2.13. The summed E-state index contributed by atoms with van der Waals surface area (Å²) < 4.78 is 1.13. The van der Waals surface area contributed by atoms with Crippen LogP contribution in [0.25, 0.3) is 10.1 Å². The van der Waals surface area contributed by atoms with Gasteiger partial charge in [-0.1, -0.05) is 35.9 Å². The third-order valence-electron chi connectivity index (χ3n) is 3.18. The number of hydrogen-bond donors (Lipinski definition) is 1. The highest BCUT2D eigenvalue weighted by atomic mass is 35.5. The fourth-order valence-electron chi connectivity index (χ4n) is 2.33. The van der Waals surface area contributed by atoms with Gasteiger partial charge in [-0.15, -0.1) is 11.3 Å². The molecule has 0 saturated heterocycles. The second-order valence-corrected chi connectivity index (χ2v) is 6.00. The average molecular weight is 289 g/mol. The molecule has 2 aromatic carbocycles. The van der Waals surface area contributed by atoms with E-state index in [-0.39, 0.29) is 0 Å². The molecule has 1 nitrogen and oxygen atoms in total. The van der Waals surface area contributed by atoms with Gasteiger partial charge in [0.25, 0.3) is 0 Å². The van der Waals surface area contributed by atoms with Crippen LogP contribution in [0, 0.1) is 6.92 Å². The molecule has 3 aromatic rings. The third kappa shape index (κ3) is 2.39. The van der Waals surface area contributed by atoms with E-state index in [0.717, 1.165) is 21.4 Å². The third-order valence-corrected chi connectivity index (χ3v) is 4.38. The van der Waals surface area contributed by atoms with Crippen LogP contribution >= 0.6 is 22.9 Å². The molecule has 3 heteroatoms. The van der Waals surface area contributed by atoms with E-state index >= 15 is 0 Å². The zero-order chi connectivity index (χ0) is 13.4. The van der Waals surface area contributed by atoms with Gasteiger partial charge in [0.15, 0.2) is 0 Å². The van der Waals surface area contributed by atoms with Crippen molar-refractivity contribution in [1.29, 1.82) is 0 Å². The van der Waals surface area contributed by atoms with E-state index < -0.39 is 6.10 Å². The molecule has 0 aliphatic carbocycles. The van der Waals surface area contributed by atoms with Gasteiger partial charge in [0.05, 0.1) is 0 Å². The van der Waals surface area contributed by atoms with E-state index in [1.807, 2.05) is 42.6 Å². The van der Waals surface area contributed by atoms with Gasteiger partial charge >= 0.3 is 0 Å². The van der Waals surface area contributed by atoms with Crippen molar-refractivity contribution < 1.29 is 5.11 Å². The highest BCUT2D eigenvalue weighted by Crippen LogP contribution is 2.33. The molecule has 1 aromatic heterocycles. The standard InChI is InChI=1S/C16H13ClOS/c1-10-7-12(9-13(17)8-10)15(18)14-4-2-3-11-5-6-19-16(11)14/h2-9,15,18H,1H3. The molecule has 1 heterocycles. The molecule has 0 aliphatic rings. The van der Waals surface area contributed by atoms with E-state index in [9.17, 15) is 5.11 Å². The van der Waals surface area contributed by atoms with Crippen LogP contribution in [0.2, 0.25) is 5.02 Å². The average Bonchev–Trinajstić information content (AvgIpc) is 2.84. The van der Waals surface area contributed by atoms with Crippen LogP contribution in [0.1, 0.15) is 22.8 Å². The number of hydrogen-bond acceptors (Lipinski definition) is 2. The minimum absolute atomic E-state index is 0.639. The molecule has 0 bridgehead atoms. The summed E-state index contributed by atoms with van der Waals surface area (Å²) in [6.45, 7) is 1.98. The highest BCUT2D eigenvalue weighted by molar-refractivity contribution is 7.17. The van der Waals surface area contributed by atoms with Crippen LogP contribution < -0.4 is 0 Å². The molecule has 0 aliphatic heterocycles. The number of aryl methyl sites for hydroxylation is 1. The first-order chi connectivity index (χ1) is 9.15. The summed E-state index contributed by atoms with van der Waals surface area (Å²) in [7, 11) is 0. The lowest BCUT2D eigenvalue weighted by Crippen LogP contribution is -2.00. The van der Waals surface area contributed by atoms with Crippen LogP contribution in [0.5, 0.6) is 0 Å². The zero-order valence-corrected chi connectivity index (χ0v) is 12.0. The molecule has 0 amide bonds. The Kier molecular flexibility index (Phi) is 3.31. The first kappa shape index (κ1) is 12.7. The fourth-order valence-corrected chi connectivity index (χ4v) is 3.57. The molecule has 1 unspecified atom stereocenters. The lowest BCUT2D eigenvalue weighted by molar-refractivity contribution is 0.222. The second-order valence-electron chi connectivity index (χ2n) is 4.65. The van der Waals surface area contributed by atoms with Gasteiger partial charge in [-0.05, 0) is 47.0 Å². The highest BCUT2D eigenvalue weighted by Gasteiger charge is 2.15. The quantitative estimate of drug-likeness (QED) is 0.708. The van der Waals surface area contributed by atoms with E-state index in [1.165, 1.54) is 5.39 Å². The van der Waals surface area contributed by atoms with Crippen LogP contribution in [0.3, 0.4) is 0 Å². The van der Waals surface area contributed by atoms with Gasteiger partial charge < -0.3 is 5.11 Å². The van der Waals surface area contributed by atoms with Crippen LogP contribution in [-0.4, -0.2) is 5.11 Å². The van der Waals surface area contributed by atoms with Gasteiger partial charge in [0, 0.05) is 15.3 Å². The minimum atomic E-state index is -0.639. The maximum absolute atomic E-state index is 10.6. The molecule has 0 saturated carbocycles. The van der Waals surface area contributed by atoms with Gasteiger partial charge in [-0.25, -0.2) is 0 Å². The van der Waals surface area contributed by atoms with Crippen molar-refractivity contribution in [3.8, 4) is 0 Å². The number of fused-ring (bicyclic) bond motifs is 1. The minimum Gasteiger partial charge on any atom is -0.384 e. The summed E-state index contributed by atoms with van der Waals surface area (Å²) in [6, 6.07) is 13.8. The molecule has 3 rings (SSSR count). The van der Waals surface area contributed by atoms with Crippen molar-refractivity contribution in [2.24, 2.45) is 0 Å². The maximum atomic E-state index is 10.6. The van der Waals surface area contributed by atoms with Crippen molar-refractivity contribution in [2.45, 2.75) is 13.0 Å². The summed E-state index contributed by atoms with van der Waals surface area (Å²) in [5.74, 6) is 0. The topological polar surface area (TPSA) is 20.2 Å². The summed E-state index contributed by atoms with van der Waals surface area (Å²) in [4.78, 5) is 0. The Bertz CT molecular complexity index is 712. The maximum Gasteiger partial charge on any atom is 0.105 e. The number of aliphatic hydroxyl groups is 1. The second kappa shape index (κ2) is 4.97. The Morgan fingerprint density at radius 1 is 1.16 bits per heavy atom. The number of benzene rings is 2. The van der Waals surface area contributed by atoms with Crippen LogP contribution in [-0.2, 0) is 0 Å². The van der Waals surface area contributed by atoms with Gasteiger partial charge in [-0.3, -0.25) is 0 Å². The summed E-state index contributed by atoms with van der Waals surface area (Å²) in [5, 5.41) is 14.5. The number of rotatable bonds is 2. The molecule has 0 spiro atoms. The van der Waals surface area contributed by atoms with Gasteiger partial charge in [-0.2, -0.15) is 0 Å². The van der Waals surface area contributed by atoms with Gasteiger partial charge in [0.1, 0.15) is 6.10 Å². The fraction of sp³-hybridized carbons (Fsp3) is 0.125. The molecule has 1 atom stereocenters. The van der Waals surface area contributed by atoms with E-state index in [2.05, 4.69) is 12.1 Å². The van der Waals surface area contributed by atoms with Crippen molar-refractivity contribution in [2.75, 3.05) is 0 Å². The first-order valence-corrected chi connectivity index (χ1v) is 7.32. The molecule has 1 N–H and O–H groups in total. The number of halogens is 1. The van der Waals surface area contributed by atoms with Crippen molar-refractivity contribution in [3.63, 3.8) is 0 Å². The first-order valence-electron chi connectivity index (χ1n) is 6.06. The summed E-state index contributed by atoms with van der Waals surface area (Å²) >= 11 is 7.72. The van der Waals surface area contributed by atoms with E-state index in [1.54, 1.807) is 11.3 Å². The molecule has 0 fully saturated rings. The summed E-state index contributed by atoms with van der Waals surface area (Å²) in [6.07, 6.45) is -0.639. The number of aliphatic hydroxyl groups excluding tert-OH is 1. The monoisotopic (exact) mass is 288 g/mol. The number of thiophene rings is 1. The Labute approximate surface area is 121 Å². The predicted octanol–water partition coefficient (Wildman–Crippen LogP) is 4.94. The Morgan fingerprint density at radius 3 is 2.79 bits per heavy atom. The van der Waals surface area contributed by atoms with E-state index in [4.69, 9.17) is 11.6 Å². The molecular weight excluding hydrogens is 276 g/mol. The van der Waals surface area contributed by atoms with E-state index in [0.29, 0.717) is 5.02 Å². The Hall–Kier alpha value is -1.35. The molecule has 19 heavy (non-hydrogen) atoms.